The molecule has 3 rings (SSSR count). The van der Waals surface area contributed by atoms with Gasteiger partial charge in [0.25, 0.3) is 0 Å². The number of para-hydroxylation sites is 1. The van der Waals surface area contributed by atoms with E-state index >= 15 is 0 Å². The zero-order valence-electron chi connectivity index (χ0n) is 8.80. The molecule has 0 bridgehead atoms. The summed E-state index contributed by atoms with van der Waals surface area (Å²) in [6, 6.07) is 12.0. The number of hydrogen-bond donors (Lipinski definition) is 1. The Morgan fingerprint density at radius 1 is 1.12 bits per heavy atom. The van der Waals surface area contributed by atoms with Crippen molar-refractivity contribution in [1.82, 2.24) is 15.1 Å². The lowest BCUT2D eigenvalue weighted by molar-refractivity contribution is 0.871. The third kappa shape index (κ3) is 1.58. The number of aromatic nitrogens is 2. The van der Waals surface area contributed by atoms with E-state index in [-0.39, 0.29) is 0 Å². The highest BCUT2D eigenvalue weighted by molar-refractivity contribution is 5.97. The van der Waals surface area contributed by atoms with Gasteiger partial charge < -0.3 is 5.32 Å². The molecule has 1 aromatic heterocycles. The van der Waals surface area contributed by atoms with Crippen molar-refractivity contribution >= 4 is 5.84 Å². The van der Waals surface area contributed by atoms with Crippen LogP contribution in [0.2, 0.25) is 0 Å². The van der Waals surface area contributed by atoms with Gasteiger partial charge in [-0.15, -0.1) is 0 Å². The minimum Gasteiger partial charge on any atom is -0.367 e. The molecule has 0 spiro atoms. The Labute approximate surface area is 93.6 Å². The molecule has 80 valence electrons. The predicted octanol–water partition coefficient (Wildman–Crippen LogP) is 1.22. The van der Waals surface area contributed by atoms with E-state index in [0.29, 0.717) is 0 Å². The molecule has 0 saturated carbocycles. The Kier molecular flexibility index (Phi) is 2.18. The predicted molar refractivity (Wildman–Crippen MR) is 63.0 cm³/mol. The van der Waals surface area contributed by atoms with Crippen LogP contribution in [0.15, 0.2) is 47.6 Å². The standard InChI is InChI=1S/C12H12N4/c1-2-4-10(5-3-1)16-9-6-11(15-16)12-13-7-8-14-12/h1-6,9H,7-8H2,(H,13,14). The maximum Gasteiger partial charge on any atom is 0.149 e. The summed E-state index contributed by atoms with van der Waals surface area (Å²) in [5.41, 5.74) is 1.97. The first-order valence-electron chi connectivity index (χ1n) is 5.33. The van der Waals surface area contributed by atoms with Gasteiger partial charge in [-0.3, -0.25) is 4.99 Å². The van der Waals surface area contributed by atoms with Crippen LogP contribution in [0.3, 0.4) is 0 Å². The molecule has 0 fully saturated rings. The molecule has 0 atom stereocenters. The number of amidine groups is 1. The van der Waals surface area contributed by atoms with Crippen LogP contribution in [0.4, 0.5) is 0 Å². The fourth-order valence-corrected chi connectivity index (χ4v) is 1.74. The Hall–Kier alpha value is -2.10. The quantitative estimate of drug-likeness (QED) is 0.813. The van der Waals surface area contributed by atoms with E-state index < -0.39 is 0 Å². The number of nitrogens with zero attached hydrogens (tertiary/aromatic N) is 3. The smallest absolute Gasteiger partial charge is 0.149 e. The Morgan fingerprint density at radius 3 is 2.75 bits per heavy atom. The third-order valence-corrected chi connectivity index (χ3v) is 2.53. The lowest BCUT2D eigenvalue weighted by atomic mass is 10.3. The second kappa shape index (κ2) is 3.81. The van der Waals surface area contributed by atoms with Gasteiger partial charge in [-0.2, -0.15) is 5.10 Å². The monoisotopic (exact) mass is 212 g/mol. The topological polar surface area (TPSA) is 42.2 Å². The van der Waals surface area contributed by atoms with E-state index in [2.05, 4.69) is 15.4 Å². The zero-order chi connectivity index (χ0) is 10.8. The molecule has 0 unspecified atom stereocenters. The Morgan fingerprint density at radius 2 is 2.00 bits per heavy atom. The number of aliphatic imine (C=N–C) groups is 1. The minimum atomic E-state index is 0.841. The maximum absolute atomic E-state index is 4.49. The van der Waals surface area contributed by atoms with E-state index in [1.165, 1.54) is 0 Å². The van der Waals surface area contributed by atoms with Crippen molar-refractivity contribution in [3.63, 3.8) is 0 Å². The average Bonchev–Trinajstić information content (AvgIpc) is 3.01. The Bertz CT molecular complexity index is 513. The highest BCUT2D eigenvalue weighted by Crippen LogP contribution is 2.07. The molecular formula is C12H12N4. The SMILES string of the molecule is c1ccc(-n2ccc(C3=NCCN3)n2)cc1. The van der Waals surface area contributed by atoms with Gasteiger partial charge in [-0.1, -0.05) is 18.2 Å². The van der Waals surface area contributed by atoms with E-state index in [1.807, 2.05) is 47.3 Å². The molecule has 2 heterocycles. The van der Waals surface area contributed by atoms with Crippen molar-refractivity contribution in [3.05, 3.63) is 48.3 Å². The fraction of sp³-hybridized carbons (Fsp3) is 0.167. The molecular weight excluding hydrogens is 200 g/mol. The van der Waals surface area contributed by atoms with Gasteiger partial charge in [0.1, 0.15) is 11.5 Å². The van der Waals surface area contributed by atoms with E-state index in [4.69, 9.17) is 0 Å². The molecule has 16 heavy (non-hydrogen) atoms. The second-order valence-corrected chi connectivity index (χ2v) is 3.64. The molecule has 0 saturated heterocycles. The van der Waals surface area contributed by atoms with Crippen molar-refractivity contribution in [2.75, 3.05) is 13.1 Å². The van der Waals surface area contributed by atoms with Crippen LogP contribution in [0.1, 0.15) is 5.69 Å². The minimum absolute atomic E-state index is 0.841. The number of rotatable bonds is 2. The van der Waals surface area contributed by atoms with Crippen molar-refractivity contribution < 1.29 is 0 Å². The number of benzene rings is 1. The fourth-order valence-electron chi connectivity index (χ4n) is 1.74. The summed E-state index contributed by atoms with van der Waals surface area (Å²) in [6.45, 7) is 1.75. The first-order chi connectivity index (χ1) is 7.93. The lowest BCUT2D eigenvalue weighted by Crippen LogP contribution is -2.20. The summed E-state index contributed by atoms with van der Waals surface area (Å²) in [6.07, 6.45) is 1.95. The van der Waals surface area contributed by atoms with Crippen LogP contribution < -0.4 is 5.32 Å². The van der Waals surface area contributed by atoms with Crippen LogP contribution >= 0.6 is 0 Å². The highest BCUT2D eigenvalue weighted by atomic mass is 15.3. The average molecular weight is 212 g/mol. The molecule has 0 aliphatic carbocycles. The molecule has 1 N–H and O–H groups in total. The van der Waals surface area contributed by atoms with Gasteiger partial charge in [0.2, 0.25) is 0 Å². The molecule has 4 heteroatoms. The van der Waals surface area contributed by atoms with Crippen LogP contribution in [0.25, 0.3) is 5.69 Å². The van der Waals surface area contributed by atoms with Gasteiger partial charge in [-0.05, 0) is 18.2 Å². The summed E-state index contributed by atoms with van der Waals surface area (Å²) < 4.78 is 1.86. The summed E-state index contributed by atoms with van der Waals surface area (Å²) in [5.74, 6) is 0.898. The zero-order valence-corrected chi connectivity index (χ0v) is 8.80. The summed E-state index contributed by atoms with van der Waals surface area (Å²) >= 11 is 0. The molecule has 0 radical (unpaired) electrons. The van der Waals surface area contributed by atoms with Gasteiger partial charge in [0.15, 0.2) is 0 Å². The summed E-state index contributed by atoms with van der Waals surface area (Å²) in [5, 5.41) is 7.70. The molecule has 2 aromatic rings. The van der Waals surface area contributed by atoms with E-state index in [1.54, 1.807) is 0 Å². The highest BCUT2D eigenvalue weighted by Gasteiger charge is 2.10. The third-order valence-electron chi connectivity index (χ3n) is 2.53. The van der Waals surface area contributed by atoms with E-state index in [0.717, 1.165) is 30.3 Å². The molecule has 0 amide bonds. The van der Waals surface area contributed by atoms with Gasteiger partial charge >= 0.3 is 0 Å². The molecule has 1 aromatic carbocycles. The molecule has 1 aliphatic rings. The number of hydrogen-bond acceptors (Lipinski definition) is 3. The molecule has 4 nitrogen and oxygen atoms in total. The van der Waals surface area contributed by atoms with Crippen LogP contribution in [-0.4, -0.2) is 28.7 Å². The maximum atomic E-state index is 4.49. The lowest BCUT2D eigenvalue weighted by Gasteiger charge is -2.00. The summed E-state index contributed by atoms with van der Waals surface area (Å²) in [7, 11) is 0. The molecule has 1 aliphatic heterocycles. The summed E-state index contributed by atoms with van der Waals surface area (Å²) in [4.78, 5) is 4.34. The van der Waals surface area contributed by atoms with Crippen molar-refractivity contribution in [3.8, 4) is 5.69 Å². The van der Waals surface area contributed by atoms with Gasteiger partial charge in [-0.25, -0.2) is 4.68 Å². The van der Waals surface area contributed by atoms with Crippen molar-refractivity contribution in [1.29, 1.82) is 0 Å². The van der Waals surface area contributed by atoms with Crippen LogP contribution in [-0.2, 0) is 0 Å². The largest absolute Gasteiger partial charge is 0.367 e. The van der Waals surface area contributed by atoms with Gasteiger partial charge in [0.05, 0.1) is 12.2 Å². The van der Waals surface area contributed by atoms with Crippen molar-refractivity contribution in [2.45, 2.75) is 0 Å². The Balaban J connectivity index is 1.94. The van der Waals surface area contributed by atoms with Crippen molar-refractivity contribution in [2.24, 2.45) is 4.99 Å². The van der Waals surface area contributed by atoms with Crippen LogP contribution in [0.5, 0.6) is 0 Å². The second-order valence-electron chi connectivity index (χ2n) is 3.64. The van der Waals surface area contributed by atoms with Gasteiger partial charge in [0, 0.05) is 12.7 Å². The normalized spacial score (nSPS) is 14.6. The van der Waals surface area contributed by atoms with Crippen LogP contribution in [0, 0.1) is 0 Å². The first-order valence-corrected chi connectivity index (χ1v) is 5.33. The number of nitrogens with one attached hydrogen (secondary N) is 1. The first kappa shape index (κ1) is 9.15. The van der Waals surface area contributed by atoms with E-state index in [9.17, 15) is 0 Å².